The molecule has 2 rings (SSSR count). The van der Waals surface area contributed by atoms with E-state index in [1.807, 2.05) is 5.20 Å². The van der Waals surface area contributed by atoms with Gasteiger partial charge in [-0.15, -0.1) is 0 Å². The molecule has 0 N–H and O–H groups in total. The Balaban J connectivity index is 0. The minimum absolute atomic E-state index is 0. The van der Waals surface area contributed by atoms with Crippen LogP contribution < -0.4 is 42.4 Å². The molecule has 0 saturated carbocycles. The molecule has 5 heteroatoms. The molecule has 1 aliphatic carbocycles. The van der Waals surface area contributed by atoms with E-state index in [1.165, 1.54) is 61.3 Å². The van der Waals surface area contributed by atoms with E-state index in [9.17, 15) is 0 Å². The van der Waals surface area contributed by atoms with Gasteiger partial charge in [0, 0.05) is 0 Å². The molecule has 0 bridgehead atoms. The minimum atomic E-state index is -1.75. The number of rotatable bonds is 8. The Labute approximate surface area is 217 Å². The van der Waals surface area contributed by atoms with Crippen molar-refractivity contribution in [2.45, 2.75) is 99.6 Å². The topological polar surface area (TPSA) is 0 Å². The fraction of sp³-hybridized carbons (Fsp3) is 0.600. The van der Waals surface area contributed by atoms with Crippen molar-refractivity contribution in [3.63, 3.8) is 0 Å². The number of unbranched alkanes of at least 4 members (excludes halogenated alkanes) is 2. The van der Waals surface area contributed by atoms with Gasteiger partial charge < -0.3 is 37.2 Å². The first-order valence-corrected chi connectivity index (χ1v) is 14.4. The second-order valence-corrected chi connectivity index (χ2v) is 13.9. The van der Waals surface area contributed by atoms with Gasteiger partial charge in [0.2, 0.25) is 0 Å². The molecule has 1 unspecified atom stereocenters. The van der Waals surface area contributed by atoms with Crippen molar-refractivity contribution >= 4 is 13.3 Å². The van der Waals surface area contributed by atoms with Crippen LogP contribution in [0, 0.1) is 34.6 Å². The summed E-state index contributed by atoms with van der Waals surface area (Å²) in [5, 5.41) is 3.58. The first-order valence-electron chi connectivity index (χ1n) is 10.9. The normalized spacial score (nSPS) is 15.1. The van der Waals surface area contributed by atoms with Crippen molar-refractivity contribution in [2.75, 3.05) is 0 Å². The third kappa shape index (κ3) is 6.30. The van der Waals surface area contributed by atoms with Crippen LogP contribution in [0.5, 0.6) is 0 Å². The third-order valence-corrected chi connectivity index (χ3v) is 13.1. The van der Waals surface area contributed by atoms with Gasteiger partial charge in [-0.1, -0.05) is 0 Å². The van der Waals surface area contributed by atoms with Crippen LogP contribution in [0.3, 0.4) is 0 Å². The summed E-state index contributed by atoms with van der Waals surface area (Å²) in [6.45, 7) is 19.2. The molecular weight excluding hydrogens is 483 g/mol. The number of benzene rings is 1. The Bertz CT molecular complexity index is 754. The summed E-state index contributed by atoms with van der Waals surface area (Å²) in [4.78, 5) is 0. The smallest absolute Gasteiger partial charge is 1.00 e. The Morgan fingerprint density at radius 3 is 1.73 bits per heavy atom. The van der Waals surface area contributed by atoms with Crippen molar-refractivity contribution in [2.24, 2.45) is 0 Å². The van der Waals surface area contributed by atoms with Crippen LogP contribution in [0.25, 0.3) is 0 Å². The molecule has 0 spiro atoms. The maximum Gasteiger partial charge on any atom is -1.00 e. The van der Waals surface area contributed by atoms with Gasteiger partial charge in [0.1, 0.15) is 0 Å². The van der Waals surface area contributed by atoms with Crippen LogP contribution in [-0.2, 0) is 20.4 Å². The van der Waals surface area contributed by atoms with Crippen LogP contribution in [0.1, 0.15) is 80.2 Å². The van der Waals surface area contributed by atoms with Gasteiger partial charge in [0.15, 0.2) is 0 Å². The summed E-state index contributed by atoms with van der Waals surface area (Å²) in [6.07, 6.45) is 10.3. The van der Waals surface area contributed by atoms with E-state index in [0.717, 1.165) is 0 Å². The van der Waals surface area contributed by atoms with Gasteiger partial charge >= 0.3 is 182 Å². The third-order valence-electron chi connectivity index (χ3n) is 7.11. The van der Waals surface area contributed by atoms with Crippen molar-refractivity contribution in [1.29, 1.82) is 0 Å². The van der Waals surface area contributed by atoms with Crippen LogP contribution in [0.15, 0.2) is 20.7 Å². The second-order valence-electron chi connectivity index (χ2n) is 8.83. The molecule has 0 aliphatic heterocycles. The van der Waals surface area contributed by atoms with Gasteiger partial charge in [0.05, 0.1) is 0 Å². The van der Waals surface area contributed by atoms with Gasteiger partial charge in [0.25, 0.3) is 0 Å². The van der Waals surface area contributed by atoms with Gasteiger partial charge in [-0.05, 0) is 0 Å². The van der Waals surface area contributed by atoms with Crippen molar-refractivity contribution in [3.8, 4) is 0 Å². The van der Waals surface area contributed by atoms with Crippen molar-refractivity contribution in [3.05, 3.63) is 48.5 Å². The molecule has 0 saturated heterocycles. The van der Waals surface area contributed by atoms with Crippen LogP contribution in [-0.4, -0.2) is 8.07 Å². The molecule has 1 atom stereocenters. The largest absolute Gasteiger partial charge is 1.00 e. The molecule has 1 aliphatic rings. The number of hydrogen-bond donors (Lipinski definition) is 0. The molecule has 0 aromatic heterocycles. The number of hydrogen-bond acceptors (Lipinski definition) is 0. The van der Waals surface area contributed by atoms with E-state index in [4.69, 9.17) is 0 Å². The average molecular weight is 522 g/mol. The monoisotopic (exact) mass is 520 g/mol. The van der Waals surface area contributed by atoms with Gasteiger partial charge in [-0.3, -0.25) is 0 Å². The van der Waals surface area contributed by atoms with Gasteiger partial charge in [-0.25, -0.2) is 0 Å². The summed E-state index contributed by atoms with van der Waals surface area (Å²) < 4.78 is 1.67. The standard InChI is InChI=1S/C25H39Si.3ClH.Ti/c1-9-11-14-23-15-13-16-24(23)26(8,17-12-10-2)25-21(6)19(4)18(3)20(5)22(25)7;;;;/h15H,9-14,17H2,1-8H3;3*1H;/q;;;;+3/p-3. The van der Waals surface area contributed by atoms with Crippen LogP contribution >= 0.6 is 0 Å². The number of allylic oxidation sites excluding steroid dienone is 4. The first kappa shape index (κ1) is 32.7. The Morgan fingerprint density at radius 1 is 0.800 bits per heavy atom. The summed E-state index contributed by atoms with van der Waals surface area (Å²) in [5.41, 5.74) is 9.43. The maximum absolute atomic E-state index is 2.69. The molecule has 1 aromatic carbocycles. The van der Waals surface area contributed by atoms with Crippen molar-refractivity contribution in [1.82, 2.24) is 0 Å². The fourth-order valence-electron chi connectivity index (χ4n) is 5.14. The SMILES string of the molecule is CCCCC1=CC[C]([Ti+3])=C1[Si](C)(CCCC)c1c(C)c(C)c(C)c(C)c1C.[Cl-].[Cl-].[Cl-]. The first-order chi connectivity index (χ1) is 12.7. The maximum atomic E-state index is 2.69. The molecule has 0 radical (unpaired) electrons. The van der Waals surface area contributed by atoms with Crippen molar-refractivity contribution < 1.29 is 57.7 Å². The molecule has 0 amide bonds. The van der Waals surface area contributed by atoms with Gasteiger partial charge in [-0.2, -0.15) is 0 Å². The quantitative estimate of drug-likeness (QED) is 0.354. The van der Waals surface area contributed by atoms with E-state index in [2.05, 4.69) is 81.5 Å². The Hall–Kier alpha value is 0.501. The molecule has 0 nitrogen and oxygen atoms in total. The van der Waals surface area contributed by atoms with E-state index < -0.39 is 8.07 Å². The van der Waals surface area contributed by atoms with E-state index in [-0.39, 0.29) is 37.2 Å². The Morgan fingerprint density at radius 2 is 1.27 bits per heavy atom. The molecule has 0 fully saturated rings. The van der Waals surface area contributed by atoms with Crippen LogP contribution in [0.4, 0.5) is 0 Å². The summed E-state index contributed by atoms with van der Waals surface area (Å²) in [6, 6.07) is 1.39. The van der Waals surface area contributed by atoms with E-state index in [0.29, 0.717) is 0 Å². The zero-order chi connectivity index (χ0) is 20.4. The second kappa shape index (κ2) is 13.9. The molecule has 1 aromatic rings. The number of halogens is 3. The predicted molar refractivity (Wildman–Crippen MR) is 120 cm³/mol. The fourth-order valence-corrected chi connectivity index (χ4v) is 12.4. The average Bonchev–Trinajstić information content (AvgIpc) is 3.02. The minimum Gasteiger partial charge on any atom is -1.00 e. The molecule has 168 valence electrons. The van der Waals surface area contributed by atoms with Crippen LogP contribution in [0.2, 0.25) is 12.6 Å². The molecule has 0 heterocycles. The Kier molecular flexibility index (Phi) is 15.2. The molecular formula is C25H39Cl3SiTi. The van der Waals surface area contributed by atoms with E-state index >= 15 is 0 Å². The summed E-state index contributed by atoms with van der Waals surface area (Å²) in [7, 11) is -1.75. The zero-order valence-corrected chi connectivity index (χ0v) is 25.0. The molecule has 30 heavy (non-hydrogen) atoms. The summed E-state index contributed by atoms with van der Waals surface area (Å²) in [5.74, 6) is 0. The zero-order valence-electron chi connectivity index (χ0n) is 20.2. The van der Waals surface area contributed by atoms with E-state index in [1.54, 1.807) is 25.8 Å². The summed E-state index contributed by atoms with van der Waals surface area (Å²) >= 11 is 2.42. The predicted octanol–water partition coefficient (Wildman–Crippen LogP) is -1.81.